The molecule has 3 rings (SSSR count). The average molecular weight is 431 g/mol. The van der Waals surface area contributed by atoms with Gasteiger partial charge in [0.25, 0.3) is 5.91 Å². The van der Waals surface area contributed by atoms with E-state index in [1.54, 1.807) is 31.4 Å². The second-order valence-electron chi connectivity index (χ2n) is 7.54. The van der Waals surface area contributed by atoms with Gasteiger partial charge in [0, 0.05) is 6.54 Å². The quantitative estimate of drug-likeness (QED) is 0.413. The number of hydrogen-bond donors (Lipinski definition) is 1. The molecule has 5 nitrogen and oxygen atoms in total. The van der Waals surface area contributed by atoms with Crippen LogP contribution in [0.25, 0.3) is 5.57 Å². The van der Waals surface area contributed by atoms with E-state index in [-0.39, 0.29) is 5.57 Å². The number of nitrogens with one attached hydrogen (secondary N) is 1. The number of methoxy groups -OCH3 is 1. The van der Waals surface area contributed by atoms with Gasteiger partial charge in [-0.15, -0.1) is 0 Å². The molecule has 0 heterocycles. The van der Waals surface area contributed by atoms with Crippen molar-refractivity contribution in [2.75, 3.05) is 20.3 Å². The van der Waals surface area contributed by atoms with Crippen molar-refractivity contribution >= 4 is 11.5 Å². The summed E-state index contributed by atoms with van der Waals surface area (Å²) < 4.78 is 40.5. The largest absolute Gasteiger partial charge is 0.493 e. The Kier molecular flexibility index (Phi) is 7.87. The van der Waals surface area contributed by atoms with Crippen LogP contribution in [-0.4, -0.2) is 32.8 Å². The maximum atomic E-state index is 12.6. The van der Waals surface area contributed by atoms with Crippen molar-refractivity contribution in [3.63, 3.8) is 0 Å². The Morgan fingerprint density at radius 1 is 1.16 bits per heavy atom. The van der Waals surface area contributed by atoms with Crippen LogP contribution >= 0.6 is 0 Å². The summed E-state index contributed by atoms with van der Waals surface area (Å²) in [5.41, 5.74) is 2.50. The standard InChI is InChI=1S/C24H27F2NO4/c1-16-3-8-19(9-4-16)20(15-31-24(25)26)23(28)27-12-11-17-7-10-21(22(13-17)29-2)30-14-18-5-6-18/h3-4,7-10,13,15,18,24H,5-6,11-12,14H2,1-2H3,(H,27,28). The van der Waals surface area contributed by atoms with Gasteiger partial charge >= 0.3 is 6.61 Å². The fourth-order valence-electron chi connectivity index (χ4n) is 3.00. The summed E-state index contributed by atoms with van der Waals surface area (Å²) in [7, 11) is 1.59. The predicted octanol–water partition coefficient (Wildman–Crippen LogP) is 4.73. The second kappa shape index (κ2) is 10.8. The van der Waals surface area contributed by atoms with Gasteiger partial charge in [-0.2, -0.15) is 8.78 Å². The maximum absolute atomic E-state index is 12.6. The summed E-state index contributed by atoms with van der Waals surface area (Å²) >= 11 is 0. The van der Waals surface area contributed by atoms with Gasteiger partial charge in [-0.1, -0.05) is 35.9 Å². The van der Waals surface area contributed by atoms with Gasteiger partial charge in [0.1, 0.15) is 6.26 Å². The third-order valence-electron chi connectivity index (χ3n) is 4.99. The molecule has 0 aliphatic heterocycles. The fourth-order valence-corrected chi connectivity index (χ4v) is 3.00. The van der Waals surface area contributed by atoms with E-state index >= 15 is 0 Å². The highest BCUT2D eigenvalue weighted by Gasteiger charge is 2.22. The normalized spacial score (nSPS) is 13.8. The van der Waals surface area contributed by atoms with Gasteiger partial charge in [0.2, 0.25) is 0 Å². The highest BCUT2D eigenvalue weighted by Crippen LogP contribution is 2.33. The lowest BCUT2D eigenvalue weighted by atomic mass is 10.0. The molecule has 7 heteroatoms. The molecular weight excluding hydrogens is 404 g/mol. The molecule has 0 bridgehead atoms. The molecule has 0 spiro atoms. The number of amides is 1. The van der Waals surface area contributed by atoms with E-state index in [0.717, 1.165) is 17.4 Å². The Balaban J connectivity index is 1.59. The van der Waals surface area contributed by atoms with Crippen molar-refractivity contribution in [2.24, 2.45) is 5.92 Å². The van der Waals surface area contributed by atoms with Crippen LogP contribution in [0.3, 0.4) is 0 Å². The summed E-state index contributed by atoms with van der Waals surface area (Å²) in [6, 6.07) is 12.7. The molecule has 31 heavy (non-hydrogen) atoms. The molecule has 2 aromatic rings. The van der Waals surface area contributed by atoms with Crippen molar-refractivity contribution in [3.8, 4) is 11.5 Å². The number of ether oxygens (including phenoxy) is 3. The van der Waals surface area contributed by atoms with Crippen molar-refractivity contribution in [3.05, 3.63) is 65.4 Å². The van der Waals surface area contributed by atoms with Gasteiger partial charge in [0.15, 0.2) is 11.5 Å². The zero-order chi connectivity index (χ0) is 22.2. The van der Waals surface area contributed by atoms with Crippen LogP contribution in [0.1, 0.15) is 29.5 Å². The monoisotopic (exact) mass is 431 g/mol. The van der Waals surface area contributed by atoms with Crippen LogP contribution in [-0.2, 0) is 16.0 Å². The number of carbonyl (C=O) groups excluding carboxylic acids is 1. The molecule has 0 saturated heterocycles. The van der Waals surface area contributed by atoms with Crippen molar-refractivity contribution in [2.45, 2.75) is 32.8 Å². The van der Waals surface area contributed by atoms with Crippen LogP contribution in [0, 0.1) is 12.8 Å². The molecule has 1 N–H and O–H groups in total. The van der Waals surface area contributed by atoms with Crippen LogP contribution in [0.5, 0.6) is 11.5 Å². The van der Waals surface area contributed by atoms with Gasteiger partial charge in [-0.05, 0) is 55.4 Å². The molecule has 1 saturated carbocycles. The number of aryl methyl sites for hydroxylation is 1. The molecule has 1 aliphatic rings. The third kappa shape index (κ3) is 6.98. The Morgan fingerprint density at radius 3 is 2.55 bits per heavy atom. The van der Waals surface area contributed by atoms with Crippen LogP contribution in [0.4, 0.5) is 8.78 Å². The van der Waals surface area contributed by atoms with E-state index in [0.29, 0.717) is 42.6 Å². The second-order valence-corrected chi connectivity index (χ2v) is 7.54. The van der Waals surface area contributed by atoms with Gasteiger partial charge < -0.3 is 19.5 Å². The molecule has 0 aromatic heterocycles. The van der Waals surface area contributed by atoms with E-state index in [9.17, 15) is 13.6 Å². The first-order chi connectivity index (χ1) is 15.0. The molecule has 1 aliphatic carbocycles. The topological polar surface area (TPSA) is 56.8 Å². The zero-order valence-corrected chi connectivity index (χ0v) is 17.7. The number of halogens is 2. The average Bonchev–Trinajstić information content (AvgIpc) is 3.58. The van der Waals surface area contributed by atoms with Crippen molar-refractivity contribution < 1.29 is 27.8 Å². The number of alkyl halides is 2. The minimum atomic E-state index is -3.00. The first-order valence-corrected chi connectivity index (χ1v) is 10.2. The van der Waals surface area contributed by atoms with Crippen molar-refractivity contribution in [1.29, 1.82) is 0 Å². The molecule has 1 amide bonds. The molecule has 2 aromatic carbocycles. The third-order valence-corrected chi connectivity index (χ3v) is 4.99. The van der Waals surface area contributed by atoms with Gasteiger partial charge in [-0.25, -0.2) is 0 Å². The minimum Gasteiger partial charge on any atom is -0.493 e. The molecule has 1 fully saturated rings. The smallest absolute Gasteiger partial charge is 0.386 e. The van der Waals surface area contributed by atoms with E-state index in [1.807, 2.05) is 25.1 Å². The Morgan fingerprint density at radius 2 is 1.90 bits per heavy atom. The predicted molar refractivity (Wildman–Crippen MR) is 114 cm³/mol. The maximum Gasteiger partial charge on any atom is 0.386 e. The zero-order valence-electron chi connectivity index (χ0n) is 17.7. The number of carbonyl (C=O) groups is 1. The summed E-state index contributed by atoms with van der Waals surface area (Å²) in [4.78, 5) is 12.6. The fraction of sp³-hybridized carbons (Fsp3) is 0.375. The SMILES string of the molecule is COc1cc(CCNC(=O)C(=COC(F)F)c2ccc(C)cc2)ccc1OCC1CC1. The van der Waals surface area contributed by atoms with Gasteiger partial charge in [0.05, 0.1) is 19.3 Å². The van der Waals surface area contributed by atoms with Gasteiger partial charge in [-0.3, -0.25) is 4.79 Å². The molecular formula is C24H27F2NO4. The summed E-state index contributed by atoms with van der Waals surface area (Å²) in [5, 5.41) is 2.76. The minimum absolute atomic E-state index is 0.0432. The Labute approximate surface area is 181 Å². The number of hydrogen-bond acceptors (Lipinski definition) is 4. The number of rotatable bonds is 11. The lowest BCUT2D eigenvalue weighted by molar-refractivity contribution is -0.116. The lowest BCUT2D eigenvalue weighted by Gasteiger charge is -2.13. The van der Waals surface area contributed by atoms with E-state index < -0.39 is 12.5 Å². The first-order valence-electron chi connectivity index (χ1n) is 10.2. The molecule has 0 unspecified atom stereocenters. The molecule has 166 valence electrons. The highest BCUT2D eigenvalue weighted by atomic mass is 19.3. The van der Waals surface area contributed by atoms with Crippen molar-refractivity contribution in [1.82, 2.24) is 5.32 Å². The van der Waals surface area contributed by atoms with Crippen LogP contribution in [0.15, 0.2) is 48.7 Å². The lowest BCUT2D eigenvalue weighted by Crippen LogP contribution is -2.27. The summed E-state index contributed by atoms with van der Waals surface area (Å²) in [5.74, 6) is 1.51. The number of benzene rings is 2. The van der Waals surface area contributed by atoms with E-state index in [1.165, 1.54) is 12.8 Å². The van der Waals surface area contributed by atoms with E-state index in [2.05, 4.69) is 10.1 Å². The first kappa shape index (κ1) is 22.6. The molecule has 0 atom stereocenters. The molecule has 0 radical (unpaired) electrons. The van der Waals surface area contributed by atoms with Crippen LogP contribution in [0.2, 0.25) is 0 Å². The highest BCUT2D eigenvalue weighted by molar-refractivity contribution is 6.19. The Bertz CT molecular complexity index is 908. The Hall–Kier alpha value is -3.09. The van der Waals surface area contributed by atoms with E-state index in [4.69, 9.17) is 9.47 Å². The summed E-state index contributed by atoms with van der Waals surface area (Å²) in [6.07, 6.45) is 3.77. The summed E-state index contributed by atoms with van der Waals surface area (Å²) in [6.45, 7) is -0.0799. The van der Waals surface area contributed by atoms with Crippen LogP contribution < -0.4 is 14.8 Å².